The molecule has 0 aliphatic carbocycles. The minimum Gasteiger partial charge on any atom is -0.340 e. The van der Waals surface area contributed by atoms with Crippen LogP contribution in [0.1, 0.15) is 60.3 Å². The second kappa shape index (κ2) is 7.49. The lowest BCUT2D eigenvalue weighted by molar-refractivity contribution is 0.0790. The molecule has 0 spiro atoms. The van der Waals surface area contributed by atoms with E-state index < -0.39 is 0 Å². The molecule has 0 fully saturated rings. The maximum Gasteiger partial charge on any atom is 0.273 e. The molecule has 0 N–H and O–H groups in total. The van der Waals surface area contributed by atoms with Gasteiger partial charge in [-0.1, -0.05) is 25.9 Å². The minimum atomic E-state index is -0.0637. The number of amides is 1. The van der Waals surface area contributed by atoms with Crippen LogP contribution in [0.2, 0.25) is 0 Å². The van der Waals surface area contributed by atoms with E-state index in [-0.39, 0.29) is 11.8 Å². The van der Waals surface area contributed by atoms with Crippen LogP contribution in [0.25, 0.3) is 0 Å². The molecule has 0 aliphatic heterocycles. The first-order valence-electron chi connectivity index (χ1n) is 7.53. The van der Waals surface area contributed by atoms with Crippen molar-refractivity contribution in [3.8, 4) is 0 Å². The Morgan fingerprint density at radius 1 is 1.36 bits per heavy atom. The van der Waals surface area contributed by atoms with Gasteiger partial charge >= 0.3 is 0 Å². The standard InChI is InChI=1S/C15H22N4O2S/c1-5-6-13-16-11(9-22-13)15(20)19(4)8-7-12-17-14(10(2)3)21-18-12/h9-10H,5-8H2,1-4H3. The smallest absolute Gasteiger partial charge is 0.273 e. The highest BCUT2D eigenvalue weighted by atomic mass is 32.1. The Hall–Kier alpha value is -1.76. The van der Waals surface area contributed by atoms with E-state index in [0.29, 0.717) is 30.4 Å². The quantitative estimate of drug-likeness (QED) is 0.783. The Morgan fingerprint density at radius 3 is 2.77 bits per heavy atom. The lowest BCUT2D eigenvalue weighted by atomic mass is 10.2. The summed E-state index contributed by atoms with van der Waals surface area (Å²) in [7, 11) is 1.77. The molecule has 1 amide bonds. The number of carbonyl (C=O) groups is 1. The highest BCUT2D eigenvalue weighted by Crippen LogP contribution is 2.14. The number of hydrogen-bond donors (Lipinski definition) is 0. The molecular weight excluding hydrogens is 300 g/mol. The van der Waals surface area contributed by atoms with Crippen LogP contribution in [0.3, 0.4) is 0 Å². The van der Waals surface area contributed by atoms with Crippen LogP contribution < -0.4 is 0 Å². The van der Waals surface area contributed by atoms with Gasteiger partial charge < -0.3 is 9.42 Å². The Labute approximate surface area is 134 Å². The third-order valence-corrected chi connectivity index (χ3v) is 4.14. The van der Waals surface area contributed by atoms with Crippen molar-refractivity contribution in [2.24, 2.45) is 0 Å². The molecule has 6 nitrogen and oxygen atoms in total. The average molecular weight is 322 g/mol. The van der Waals surface area contributed by atoms with E-state index in [2.05, 4.69) is 22.0 Å². The fourth-order valence-electron chi connectivity index (χ4n) is 1.91. The number of thiazole rings is 1. The molecular formula is C15H22N4O2S. The topological polar surface area (TPSA) is 72.1 Å². The molecule has 0 radical (unpaired) electrons. The van der Waals surface area contributed by atoms with Gasteiger partial charge in [0, 0.05) is 31.3 Å². The largest absolute Gasteiger partial charge is 0.340 e. The zero-order chi connectivity index (χ0) is 16.1. The lowest BCUT2D eigenvalue weighted by Crippen LogP contribution is -2.29. The SMILES string of the molecule is CCCc1nc(C(=O)N(C)CCc2noc(C(C)C)n2)cs1. The van der Waals surface area contributed by atoms with Gasteiger partial charge in [0.2, 0.25) is 5.89 Å². The van der Waals surface area contributed by atoms with E-state index in [4.69, 9.17) is 4.52 Å². The zero-order valence-electron chi connectivity index (χ0n) is 13.5. The van der Waals surface area contributed by atoms with Crippen LogP contribution in [-0.4, -0.2) is 39.5 Å². The third kappa shape index (κ3) is 4.13. The van der Waals surface area contributed by atoms with Gasteiger partial charge in [0.25, 0.3) is 5.91 Å². The predicted molar refractivity (Wildman–Crippen MR) is 85.2 cm³/mol. The second-order valence-corrected chi connectivity index (χ2v) is 6.50. The van der Waals surface area contributed by atoms with Crippen molar-refractivity contribution < 1.29 is 9.32 Å². The molecule has 0 aliphatic rings. The van der Waals surface area contributed by atoms with Crippen molar-refractivity contribution in [1.29, 1.82) is 0 Å². The summed E-state index contributed by atoms with van der Waals surface area (Å²) in [5.41, 5.74) is 0.520. The number of likely N-dealkylation sites (N-methyl/N-ethyl adjacent to an activating group) is 1. The lowest BCUT2D eigenvalue weighted by Gasteiger charge is -2.14. The normalized spacial score (nSPS) is 11.1. The third-order valence-electron chi connectivity index (χ3n) is 3.23. The van der Waals surface area contributed by atoms with Crippen molar-refractivity contribution in [2.75, 3.05) is 13.6 Å². The molecule has 0 atom stereocenters. The van der Waals surface area contributed by atoms with E-state index in [0.717, 1.165) is 17.8 Å². The fraction of sp³-hybridized carbons (Fsp3) is 0.600. The van der Waals surface area contributed by atoms with Crippen molar-refractivity contribution in [2.45, 2.75) is 46.0 Å². The molecule has 2 aromatic heterocycles. The number of nitrogens with zero attached hydrogens (tertiary/aromatic N) is 4. The van der Waals surface area contributed by atoms with Crippen molar-refractivity contribution >= 4 is 17.2 Å². The van der Waals surface area contributed by atoms with Crippen LogP contribution in [0.15, 0.2) is 9.90 Å². The maximum absolute atomic E-state index is 12.3. The summed E-state index contributed by atoms with van der Waals surface area (Å²) < 4.78 is 5.16. The van der Waals surface area contributed by atoms with Gasteiger partial charge in [0.05, 0.1) is 5.01 Å². The molecule has 120 valence electrons. The van der Waals surface area contributed by atoms with Gasteiger partial charge in [-0.2, -0.15) is 4.98 Å². The predicted octanol–water partition coefficient (Wildman–Crippen LogP) is 2.92. The molecule has 22 heavy (non-hydrogen) atoms. The van der Waals surface area contributed by atoms with Gasteiger partial charge in [0.1, 0.15) is 5.69 Å². The first-order chi connectivity index (χ1) is 10.5. The van der Waals surface area contributed by atoms with Crippen LogP contribution >= 0.6 is 11.3 Å². The summed E-state index contributed by atoms with van der Waals surface area (Å²) in [5.74, 6) is 1.42. The van der Waals surface area contributed by atoms with Crippen molar-refractivity contribution in [1.82, 2.24) is 20.0 Å². The molecule has 0 aromatic carbocycles. The molecule has 2 aromatic rings. The Balaban J connectivity index is 1.90. The van der Waals surface area contributed by atoms with Gasteiger partial charge in [-0.05, 0) is 12.8 Å². The van der Waals surface area contributed by atoms with E-state index in [1.54, 1.807) is 23.3 Å². The Kier molecular flexibility index (Phi) is 5.65. The summed E-state index contributed by atoms with van der Waals surface area (Å²) in [6.07, 6.45) is 2.53. The average Bonchev–Trinajstić information content (AvgIpc) is 3.13. The van der Waals surface area contributed by atoms with E-state index in [1.165, 1.54) is 0 Å². The summed E-state index contributed by atoms with van der Waals surface area (Å²) in [4.78, 5) is 22.6. The van der Waals surface area contributed by atoms with E-state index in [9.17, 15) is 4.79 Å². The monoisotopic (exact) mass is 322 g/mol. The second-order valence-electron chi connectivity index (χ2n) is 5.56. The Morgan fingerprint density at radius 2 is 2.14 bits per heavy atom. The zero-order valence-corrected chi connectivity index (χ0v) is 14.3. The molecule has 7 heteroatoms. The summed E-state index contributed by atoms with van der Waals surface area (Å²) in [5, 5.41) is 6.77. The summed E-state index contributed by atoms with van der Waals surface area (Å²) in [6, 6.07) is 0. The highest BCUT2D eigenvalue weighted by Gasteiger charge is 2.16. The fourth-order valence-corrected chi connectivity index (χ4v) is 2.78. The number of rotatable bonds is 7. The Bertz CT molecular complexity index is 621. The highest BCUT2D eigenvalue weighted by molar-refractivity contribution is 7.09. The van der Waals surface area contributed by atoms with Crippen LogP contribution in [0.4, 0.5) is 0 Å². The van der Waals surface area contributed by atoms with Gasteiger partial charge in [-0.25, -0.2) is 4.98 Å². The van der Waals surface area contributed by atoms with Crippen LogP contribution in [0, 0.1) is 0 Å². The van der Waals surface area contributed by atoms with Crippen LogP contribution in [0.5, 0.6) is 0 Å². The molecule has 0 bridgehead atoms. The van der Waals surface area contributed by atoms with Gasteiger partial charge in [0.15, 0.2) is 5.82 Å². The maximum atomic E-state index is 12.3. The molecule has 0 saturated heterocycles. The first kappa shape index (κ1) is 16.6. The molecule has 2 rings (SSSR count). The minimum absolute atomic E-state index is 0.0637. The molecule has 0 saturated carbocycles. The van der Waals surface area contributed by atoms with Crippen molar-refractivity contribution in [3.05, 3.63) is 27.8 Å². The van der Waals surface area contributed by atoms with Crippen molar-refractivity contribution in [3.63, 3.8) is 0 Å². The first-order valence-corrected chi connectivity index (χ1v) is 8.41. The van der Waals surface area contributed by atoms with Gasteiger partial charge in [-0.15, -0.1) is 11.3 Å². The number of aryl methyl sites for hydroxylation is 1. The number of carbonyl (C=O) groups excluding carboxylic acids is 1. The number of aromatic nitrogens is 3. The van der Waals surface area contributed by atoms with E-state index >= 15 is 0 Å². The number of hydrogen-bond acceptors (Lipinski definition) is 6. The van der Waals surface area contributed by atoms with Crippen LogP contribution in [-0.2, 0) is 12.8 Å². The molecule has 0 unspecified atom stereocenters. The molecule has 2 heterocycles. The summed E-state index contributed by atoms with van der Waals surface area (Å²) >= 11 is 1.54. The van der Waals surface area contributed by atoms with E-state index in [1.807, 2.05) is 19.2 Å². The van der Waals surface area contributed by atoms with Gasteiger partial charge in [-0.3, -0.25) is 4.79 Å². The summed E-state index contributed by atoms with van der Waals surface area (Å²) in [6.45, 7) is 6.65.